The fourth-order valence-corrected chi connectivity index (χ4v) is 6.02. The van der Waals surface area contributed by atoms with Crippen molar-refractivity contribution in [3.63, 3.8) is 0 Å². The number of thiol groups is 1. The first kappa shape index (κ1) is 22.8. The van der Waals surface area contributed by atoms with Crippen molar-refractivity contribution in [2.75, 3.05) is 18.4 Å². The van der Waals surface area contributed by atoms with Crippen molar-refractivity contribution in [3.8, 4) is 0 Å². The van der Waals surface area contributed by atoms with E-state index < -0.39 is 0 Å². The van der Waals surface area contributed by atoms with Gasteiger partial charge in [-0.05, 0) is 87.2 Å². The summed E-state index contributed by atoms with van der Waals surface area (Å²) in [7, 11) is 0. The van der Waals surface area contributed by atoms with Crippen LogP contribution in [0.3, 0.4) is 0 Å². The summed E-state index contributed by atoms with van der Waals surface area (Å²) in [5.74, 6) is 3.39. The van der Waals surface area contributed by atoms with E-state index in [9.17, 15) is 5.41 Å². The average Bonchev–Trinajstić information content (AvgIpc) is 3.60. The standard InChI is InChI=1S/C27H41N3S/c1-18(2)23(20-12-14-22(31)15-13-20)17-29-24-8-6-7-19(3)26(24)27(28)30-16-5-4-9-25(30)21-10-11-21/h6-8,12,14,18,20-23,25,28-29,31H,4-5,9-11,13,15-17H2,1-3H3/t20?,22?,23-,25?/m0/s1. The molecule has 4 heteroatoms. The largest absolute Gasteiger partial charge is 0.384 e. The van der Waals surface area contributed by atoms with Gasteiger partial charge in [-0.3, -0.25) is 5.41 Å². The summed E-state index contributed by atoms with van der Waals surface area (Å²) in [6.07, 6.45) is 13.6. The lowest BCUT2D eigenvalue weighted by atomic mass is 9.78. The molecule has 3 unspecified atom stereocenters. The van der Waals surface area contributed by atoms with E-state index >= 15 is 0 Å². The van der Waals surface area contributed by atoms with Gasteiger partial charge in [0, 0.05) is 35.6 Å². The van der Waals surface area contributed by atoms with Crippen LogP contribution in [-0.2, 0) is 0 Å². The molecule has 3 nitrogen and oxygen atoms in total. The maximum absolute atomic E-state index is 9.21. The molecule has 1 aromatic rings. The third-order valence-electron chi connectivity index (χ3n) is 7.82. The Balaban J connectivity index is 1.52. The molecule has 2 aliphatic carbocycles. The number of amidine groups is 1. The molecule has 1 aromatic carbocycles. The number of hydrogen-bond acceptors (Lipinski definition) is 3. The molecule has 0 amide bonds. The van der Waals surface area contributed by atoms with Crippen LogP contribution < -0.4 is 5.32 Å². The van der Waals surface area contributed by atoms with Crippen molar-refractivity contribution >= 4 is 24.2 Å². The predicted octanol–water partition coefficient (Wildman–Crippen LogP) is 6.53. The SMILES string of the molecule is Cc1cccc(NC[C@@H](C(C)C)C2C=CC(S)CC2)c1C(=N)N1CCCCC1C1CC1. The van der Waals surface area contributed by atoms with Crippen LogP contribution in [0.15, 0.2) is 30.4 Å². The second kappa shape index (κ2) is 10.0. The first-order valence-corrected chi connectivity index (χ1v) is 13.0. The van der Waals surface area contributed by atoms with Gasteiger partial charge in [0.1, 0.15) is 5.84 Å². The first-order valence-electron chi connectivity index (χ1n) is 12.5. The van der Waals surface area contributed by atoms with Crippen LogP contribution in [0.4, 0.5) is 5.69 Å². The van der Waals surface area contributed by atoms with Crippen molar-refractivity contribution in [2.45, 2.75) is 77.0 Å². The van der Waals surface area contributed by atoms with Gasteiger partial charge < -0.3 is 10.2 Å². The van der Waals surface area contributed by atoms with E-state index in [-0.39, 0.29) is 0 Å². The highest BCUT2D eigenvalue weighted by atomic mass is 32.1. The number of allylic oxidation sites excluding steroid dienone is 1. The molecule has 2 N–H and O–H groups in total. The second-order valence-electron chi connectivity index (χ2n) is 10.4. The van der Waals surface area contributed by atoms with Crippen LogP contribution in [0.25, 0.3) is 0 Å². The Hall–Kier alpha value is -1.42. The van der Waals surface area contributed by atoms with Crippen LogP contribution in [0.1, 0.15) is 69.9 Å². The van der Waals surface area contributed by atoms with Gasteiger partial charge in [-0.15, -0.1) is 0 Å². The van der Waals surface area contributed by atoms with E-state index in [2.05, 4.69) is 74.0 Å². The summed E-state index contributed by atoms with van der Waals surface area (Å²) < 4.78 is 0. The zero-order valence-corrected chi connectivity index (χ0v) is 20.5. The molecule has 3 aliphatic rings. The quantitative estimate of drug-likeness (QED) is 0.195. The normalized spacial score (nSPS) is 27.4. The van der Waals surface area contributed by atoms with Gasteiger partial charge in [0.25, 0.3) is 0 Å². The summed E-state index contributed by atoms with van der Waals surface area (Å²) in [5, 5.41) is 13.4. The molecule has 1 heterocycles. The molecule has 170 valence electrons. The topological polar surface area (TPSA) is 39.1 Å². The van der Waals surface area contributed by atoms with Crippen LogP contribution >= 0.6 is 12.6 Å². The fourth-order valence-electron chi connectivity index (χ4n) is 5.77. The fraction of sp³-hybridized carbons (Fsp3) is 0.667. The van der Waals surface area contributed by atoms with E-state index in [1.807, 2.05) is 0 Å². The minimum absolute atomic E-state index is 0.421. The number of rotatable bonds is 7. The molecule has 0 spiro atoms. The summed E-state index contributed by atoms with van der Waals surface area (Å²) in [4.78, 5) is 2.44. The Morgan fingerprint density at radius 3 is 2.61 bits per heavy atom. The van der Waals surface area contributed by atoms with Crippen LogP contribution in [0.2, 0.25) is 0 Å². The van der Waals surface area contributed by atoms with Crippen molar-refractivity contribution in [3.05, 3.63) is 41.5 Å². The molecule has 31 heavy (non-hydrogen) atoms. The number of nitrogens with one attached hydrogen (secondary N) is 2. The van der Waals surface area contributed by atoms with E-state index in [1.165, 1.54) is 50.5 Å². The van der Waals surface area contributed by atoms with Gasteiger partial charge in [0.05, 0.1) is 0 Å². The number of likely N-dealkylation sites (tertiary alicyclic amines) is 1. The lowest BCUT2D eigenvalue weighted by Crippen LogP contribution is -2.45. The number of nitrogens with zero attached hydrogens (tertiary/aromatic N) is 1. The van der Waals surface area contributed by atoms with Crippen molar-refractivity contribution in [2.24, 2.45) is 23.7 Å². The monoisotopic (exact) mass is 439 g/mol. The van der Waals surface area contributed by atoms with Crippen molar-refractivity contribution in [1.82, 2.24) is 4.90 Å². The molecule has 0 aromatic heterocycles. The summed E-state index contributed by atoms with van der Waals surface area (Å²) >= 11 is 4.62. The predicted molar refractivity (Wildman–Crippen MR) is 137 cm³/mol. The van der Waals surface area contributed by atoms with Gasteiger partial charge in [0.15, 0.2) is 0 Å². The lowest BCUT2D eigenvalue weighted by Gasteiger charge is -2.39. The molecular weight excluding hydrogens is 398 g/mol. The van der Waals surface area contributed by atoms with Crippen LogP contribution in [0.5, 0.6) is 0 Å². The molecule has 1 saturated heterocycles. The second-order valence-corrected chi connectivity index (χ2v) is 11.1. The van der Waals surface area contributed by atoms with Crippen molar-refractivity contribution in [1.29, 1.82) is 5.41 Å². The Morgan fingerprint density at radius 1 is 1.13 bits per heavy atom. The number of aryl methyl sites for hydroxylation is 1. The number of piperidine rings is 1. The molecule has 0 bridgehead atoms. The van der Waals surface area contributed by atoms with E-state index in [0.29, 0.717) is 29.0 Å². The molecule has 0 radical (unpaired) electrons. The van der Waals surface area contributed by atoms with Crippen LogP contribution in [-0.4, -0.2) is 35.1 Å². The van der Waals surface area contributed by atoms with Crippen LogP contribution in [0, 0.1) is 36.0 Å². The average molecular weight is 440 g/mol. The van der Waals surface area contributed by atoms with E-state index in [4.69, 9.17) is 0 Å². The van der Waals surface area contributed by atoms with E-state index in [0.717, 1.165) is 36.1 Å². The Kier molecular flexibility index (Phi) is 7.36. The zero-order chi connectivity index (χ0) is 22.0. The molecule has 4 rings (SSSR count). The summed E-state index contributed by atoms with van der Waals surface area (Å²) in [5.41, 5.74) is 3.47. The third-order valence-corrected chi connectivity index (χ3v) is 8.25. The summed E-state index contributed by atoms with van der Waals surface area (Å²) in [6, 6.07) is 7.07. The Bertz CT molecular complexity index is 798. The lowest BCUT2D eigenvalue weighted by molar-refractivity contribution is 0.217. The Labute approximate surface area is 195 Å². The smallest absolute Gasteiger partial charge is 0.130 e. The molecule has 1 saturated carbocycles. The molecule has 2 fully saturated rings. The molecular formula is C27H41N3S. The van der Waals surface area contributed by atoms with Gasteiger partial charge in [0.2, 0.25) is 0 Å². The van der Waals surface area contributed by atoms with Crippen molar-refractivity contribution < 1.29 is 0 Å². The van der Waals surface area contributed by atoms with E-state index in [1.54, 1.807) is 0 Å². The number of hydrogen-bond donors (Lipinski definition) is 3. The van der Waals surface area contributed by atoms with Gasteiger partial charge in [-0.2, -0.15) is 12.6 Å². The van der Waals surface area contributed by atoms with Gasteiger partial charge in [-0.1, -0.05) is 38.1 Å². The zero-order valence-electron chi connectivity index (χ0n) is 19.6. The minimum Gasteiger partial charge on any atom is -0.384 e. The first-order chi connectivity index (χ1) is 15.0. The third kappa shape index (κ3) is 5.32. The molecule has 4 atom stereocenters. The highest BCUT2D eigenvalue weighted by Crippen LogP contribution is 2.40. The maximum Gasteiger partial charge on any atom is 0.130 e. The minimum atomic E-state index is 0.421. The number of benzene rings is 1. The maximum atomic E-state index is 9.21. The highest BCUT2D eigenvalue weighted by Gasteiger charge is 2.38. The molecule has 1 aliphatic heterocycles. The summed E-state index contributed by atoms with van der Waals surface area (Å²) in [6.45, 7) is 8.86. The van der Waals surface area contributed by atoms with Gasteiger partial charge in [-0.25, -0.2) is 0 Å². The highest BCUT2D eigenvalue weighted by molar-refractivity contribution is 7.81. The van der Waals surface area contributed by atoms with Gasteiger partial charge >= 0.3 is 0 Å². The number of anilines is 1. The Morgan fingerprint density at radius 2 is 1.94 bits per heavy atom.